The van der Waals surface area contributed by atoms with Gasteiger partial charge in [0.05, 0.1) is 22.4 Å². The van der Waals surface area contributed by atoms with Crippen molar-refractivity contribution in [1.29, 1.82) is 0 Å². The minimum absolute atomic E-state index is 0.193. The molecule has 0 saturated heterocycles. The van der Waals surface area contributed by atoms with Crippen molar-refractivity contribution in [3.05, 3.63) is 57.6 Å². The van der Waals surface area contributed by atoms with Gasteiger partial charge in [-0.3, -0.25) is 4.98 Å². The molecule has 2 fully saturated rings. The third kappa shape index (κ3) is 2.66. The monoisotopic (exact) mass is 386 g/mol. The highest BCUT2D eigenvalue weighted by molar-refractivity contribution is 5.97. The SMILES string of the molecule is Cc1noc(C)c1-c1cc(-c2c(C3CC3)ccnc2C2CC2)c2[nH]c(=O)[nH]c2c1. The highest BCUT2D eigenvalue weighted by atomic mass is 16.5. The molecule has 2 saturated carbocycles. The van der Waals surface area contributed by atoms with E-state index in [0.29, 0.717) is 11.8 Å². The summed E-state index contributed by atoms with van der Waals surface area (Å²) in [7, 11) is 0. The van der Waals surface area contributed by atoms with Gasteiger partial charge >= 0.3 is 5.69 Å². The van der Waals surface area contributed by atoms with Gasteiger partial charge in [-0.1, -0.05) is 5.16 Å². The Morgan fingerprint density at radius 2 is 1.83 bits per heavy atom. The van der Waals surface area contributed by atoms with Crippen LogP contribution in [0.1, 0.15) is 60.2 Å². The van der Waals surface area contributed by atoms with Gasteiger partial charge < -0.3 is 14.5 Å². The summed E-state index contributed by atoms with van der Waals surface area (Å²) >= 11 is 0. The summed E-state index contributed by atoms with van der Waals surface area (Å²) in [6.45, 7) is 3.87. The smallest absolute Gasteiger partial charge is 0.323 e. The van der Waals surface area contributed by atoms with Crippen LogP contribution < -0.4 is 5.69 Å². The van der Waals surface area contributed by atoms with Crippen molar-refractivity contribution in [3.63, 3.8) is 0 Å². The molecule has 6 nitrogen and oxygen atoms in total. The molecule has 0 bridgehead atoms. The zero-order chi connectivity index (χ0) is 19.7. The Morgan fingerprint density at radius 1 is 1.03 bits per heavy atom. The highest BCUT2D eigenvalue weighted by Crippen LogP contribution is 2.51. The summed E-state index contributed by atoms with van der Waals surface area (Å²) in [5, 5.41) is 4.12. The molecule has 6 rings (SSSR count). The van der Waals surface area contributed by atoms with Gasteiger partial charge in [-0.2, -0.15) is 0 Å². The second-order valence-corrected chi connectivity index (χ2v) is 8.43. The number of aromatic amines is 2. The average Bonchev–Trinajstić information content (AvgIpc) is 3.62. The van der Waals surface area contributed by atoms with E-state index in [1.807, 2.05) is 26.1 Å². The van der Waals surface area contributed by atoms with Crippen LogP contribution in [0.25, 0.3) is 33.3 Å². The molecular weight excluding hydrogens is 364 g/mol. The Hall–Kier alpha value is -3.15. The molecule has 0 aliphatic heterocycles. The van der Waals surface area contributed by atoms with Crippen molar-refractivity contribution in [3.8, 4) is 22.3 Å². The number of hydrogen-bond acceptors (Lipinski definition) is 4. The van der Waals surface area contributed by atoms with Gasteiger partial charge in [0.15, 0.2) is 0 Å². The minimum atomic E-state index is -0.193. The second-order valence-electron chi connectivity index (χ2n) is 8.43. The number of imidazole rings is 1. The predicted molar refractivity (Wildman–Crippen MR) is 111 cm³/mol. The quantitative estimate of drug-likeness (QED) is 0.520. The molecule has 2 aliphatic carbocycles. The van der Waals surface area contributed by atoms with Crippen LogP contribution in [0.5, 0.6) is 0 Å². The molecule has 0 spiro atoms. The van der Waals surface area contributed by atoms with Crippen LogP contribution in [0.3, 0.4) is 0 Å². The first kappa shape index (κ1) is 16.8. The lowest BCUT2D eigenvalue weighted by molar-refractivity contribution is 0.393. The molecule has 6 heteroatoms. The summed E-state index contributed by atoms with van der Waals surface area (Å²) in [4.78, 5) is 23.0. The van der Waals surface area contributed by atoms with Crippen LogP contribution in [-0.4, -0.2) is 20.1 Å². The van der Waals surface area contributed by atoms with Crippen molar-refractivity contribution in [2.75, 3.05) is 0 Å². The predicted octanol–water partition coefficient (Wildman–Crippen LogP) is 4.94. The third-order valence-corrected chi connectivity index (χ3v) is 6.21. The van der Waals surface area contributed by atoms with Crippen molar-refractivity contribution in [1.82, 2.24) is 20.1 Å². The first-order chi connectivity index (χ1) is 14.1. The Bertz CT molecular complexity index is 1270. The molecule has 1 aromatic carbocycles. The second kappa shape index (κ2) is 5.92. The lowest BCUT2D eigenvalue weighted by atomic mass is 9.90. The van der Waals surface area contributed by atoms with E-state index >= 15 is 0 Å². The van der Waals surface area contributed by atoms with E-state index in [9.17, 15) is 4.79 Å². The maximum atomic E-state index is 12.2. The zero-order valence-electron chi connectivity index (χ0n) is 16.5. The fourth-order valence-corrected chi connectivity index (χ4v) is 4.57. The Morgan fingerprint density at radius 3 is 2.52 bits per heavy atom. The Labute approximate surface area is 167 Å². The number of H-pyrrole nitrogens is 2. The number of nitrogens with zero attached hydrogens (tertiary/aromatic N) is 2. The number of aromatic nitrogens is 4. The molecule has 3 aromatic heterocycles. The summed E-state index contributed by atoms with van der Waals surface area (Å²) in [5.41, 5.74) is 9.10. The van der Waals surface area contributed by atoms with E-state index in [0.717, 1.165) is 39.2 Å². The van der Waals surface area contributed by atoms with Crippen LogP contribution in [0.4, 0.5) is 0 Å². The van der Waals surface area contributed by atoms with Gasteiger partial charge in [0, 0.05) is 28.8 Å². The number of pyridine rings is 1. The standard InChI is InChI=1S/C23H22N4O2/c1-11-19(12(2)29-27-11)15-9-17(22-18(10-15)25-23(28)26-22)20-16(13-3-4-13)7-8-24-21(20)14-5-6-14/h7-10,13-14H,3-6H2,1-2H3,(H2,25,26,28). The molecule has 2 aliphatic rings. The van der Waals surface area contributed by atoms with Gasteiger partial charge in [0.2, 0.25) is 0 Å². The lowest BCUT2D eigenvalue weighted by Crippen LogP contribution is -2.00. The summed E-state index contributed by atoms with van der Waals surface area (Å²) in [6, 6.07) is 6.35. The summed E-state index contributed by atoms with van der Waals surface area (Å²) in [6.07, 6.45) is 6.77. The molecule has 0 radical (unpaired) electrons. The van der Waals surface area contributed by atoms with E-state index in [-0.39, 0.29) is 5.69 Å². The van der Waals surface area contributed by atoms with Gasteiger partial charge in [-0.15, -0.1) is 0 Å². The number of aryl methyl sites for hydroxylation is 2. The van der Waals surface area contributed by atoms with E-state index in [2.05, 4.69) is 27.3 Å². The fourth-order valence-electron chi connectivity index (χ4n) is 4.57. The number of hydrogen-bond donors (Lipinski definition) is 2. The maximum Gasteiger partial charge on any atom is 0.323 e. The molecule has 0 unspecified atom stereocenters. The van der Waals surface area contributed by atoms with E-state index in [1.54, 1.807) is 0 Å². The van der Waals surface area contributed by atoms with Crippen LogP contribution in [-0.2, 0) is 0 Å². The fraction of sp³-hybridized carbons (Fsp3) is 0.348. The topological polar surface area (TPSA) is 87.6 Å². The van der Waals surface area contributed by atoms with E-state index in [4.69, 9.17) is 9.51 Å². The van der Waals surface area contributed by atoms with Crippen molar-refractivity contribution >= 4 is 11.0 Å². The molecule has 0 amide bonds. The first-order valence-electron chi connectivity index (χ1n) is 10.3. The van der Waals surface area contributed by atoms with Gasteiger partial charge in [0.1, 0.15) is 5.76 Å². The van der Waals surface area contributed by atoms with Crippen LogP contribution in [0.2, 0.25) is 0 Å². The number of rotatable bonds is 4. The Kier molecular flexibility index (Phi) is 3.43. The molecular formula is C23H22N4O2. The van der Waals surface area contributed by atoms with E-state index in [1.165, 1.54) is 42.5 Å². The van der Waals surface area contributed by atoms with Gasteiger partial charge in [0.25, 0.3) is 0 Å². The molecule has 29 heavy (non-hydrogen) atoms. The Balaban J connectivity index is 1.70. The normalized spacial score (nSPS) is 16.6. The van der Waals surface area contributed by atoms with Crippen molar-refractivity contribution < 1.29 is 4.52 Å². The number of nitrogens with one attached hydrogen (secondary N) is 2. The summed E-state index contributed by atoms with van der Waals surface area (Å²) in [5.74, 6) is 1.89. The molecule has 2 N–H and O–H groups in total. The van der Waals surface area contributed by atoms with Gasteiger partial charge in [-0.25, -0.2) is 4.79 Å². The van der Waals surface area contributed by atoms with Crippen molar-refractivity contribution in [2.24, 2.45) is 0 Å². The van der Waals surface area contributed by atoms with Crippen LogP contribution in [0.15, 0.2) is 33.7 Å². The van der Waals surface area contributed by atoms with Crippen molar-refractivity contribution in [2.45, 2.75) is 51.4 Å². The lowest BCUT2D eigenvalue weighted by Gasteiger charge is -2.16. The van der Waals surface area contributed by atoms with E-state index < -0.39 is 0 Å². The molecule has 146 valence electrons. The largest absolute Gasteiger partial charge is 0.361 e. The number of benzene rings is 1. The van der Waals surface area contributed by atoms with Gasteiger partial charge in [-0.05, 0) is 74.8 Å². The van der Waals surface area contributed by atoms with Crippen LogP contribution in [0, 0.1) is 13.8 Å². The highest BCUT2D eigenvalue weighted by Gasteiger charge is 2.34. The zero-order valence-corrected chi connectivity index (χ0v) is 16.5. The molecule has 4 aromatic rings. The average molecular weight is 386 g/mol. The first-order valence-corrected chi connectivity index (χ1v) is 10.3. The number of fused-ring (bicyclic) bond motifs is 1. The minimum Gasteiger partial charge on any atom is -0.361 e. The van der Waals surface area contributed by atoms with Crippen LogP contribution >= 0.6 is 0 Å². The molecule has 3 heterocycles. The maximum absolute atomic E-state index is 12.2. The summed E-state index contributed by atoms with van der Waals surface area (Å²) < 4.78 is 5.41. The third-order valence-electron chi connectivity index (χ3n) is 6.21. The molecule has 0 atom stereocenters.